The summed E-state index contributed by atoms with van der Waals surface area (Å²) in [4.78, 5) is 28.1. The topological polar surface area (TPSA) is 89.2 Å². The van der Waals surface area contributed by atoms with Gasteiger partial charge >= 0.3 is 0 Å². The van der Waals surface area contributed by atoms with Gasteiger partial charge in [-0.3, -0.25) is 9.59 Å². The fourth-order valence-corrected chi connectivity index (χ4v) is 5.18. The molecule has 1 aromatic carbocycles. The van der Waals surface area contributed by atoms with E-state index in [-0.39, 0.29) is 39.2 Å². The first-order chi connectivity index (χ1) is 15.4. The number of thiophene rings is 1. The van der Waals surface area contributed by atoms with Gasteiger partial charge in [0.25, 0.3) is 11.7 Å². The third-order valence-electron chi connectivity index (χ3n) is 5.05. The first-order valence-electron chi connectivity index (χ1n) is 9.33. The van der Waals surface area contributed by atoms with Crippen LogP contribution < -0.4 is 9.47 Å². The first kappa shape index (κ1) is 22.3. The molecule has 0 spiro atoms. The van der Waals surface area contributed by atoms with Crippen molar-refractivity contribution >= 4 is 52.0 Å². The summed E-state index contributed by atoms with van der Waals surface area (Å²) in [5.41, 5.74) is -0.0274. The standard InChI is InChI=1S/C22H17Cl2NO6S/c1-29-20-12(9-13(23)21(30-2)16(20)24)18(26)15-17(14-6-4-8-32-14)25(22(28)19(15)27)10-11-5-3-7-31-11/h3-9,17,26H,10H2,1-2H3/b18-15-. The largest absolute Gasteiger partial charge is 0.507 e. The summed E-state index contributed by atoms with van der Waals surface area (Å²) < 4.78 is 15.9. The number of Topliss-reactive ketones (excluding diaryl/α,β-unsaturated/α-hetero) is 1. The van der Waals surface area contributed by atoms with Crippen molar-refractivity contribution < 1.29 is 28.6 Å². The molecule has 10 heteroatoms. The number of aliphatic hydroxyl groups excluding tert-OH is 1. The first-order valence-corrected chi connectivity index (χ1v) is 11.0. The molecule has 1 aliphatic heterocycles. The van der Waals surface area contributed by atoms with Crippen LogP contribution in [0.2, 0.25) is 10.0 Å². The Morgan fingerprint density at radius 3 is 2.53 bits per heavy atom. The Hall–Kier alpha value is -2.94. The monoisotopic (exact) mass is 493 g/mol. The highest BCUT2D eigenvalue weighted by Gasteiger charge is 2.47. The van der Waals surface area contributed by atoms with Gasteiger partial charge < -0.3 is 23.9 Å². The fourth-order valence-electron chi connectivity index (χ4n) is 3.65. The number of carbonyl (C=O) groups is 2. The van der Waals surface area contributed by atoms with Gasteiger partial charge in [0, 0.05) is 4.88 Å². The molecular formula is C22H17Cl2NO6S. The van der Waals surface area contributed by atoms with Gasteiger partial charge in [-0.15, -0.1) is 11.3 Å². The Morgan fingerprint density at radius 1 is 1.19 bits per heavy atom. The van der Waals surface area contributed by atoms with Gasteiger partial charge in [0.2, 0.25) is 0 Å². The smallest absolute Gasteiger partial charge is 0.296 e. The number of halogens is 2. The SMILES string of the molecule is COc1c(Cl)cc(/C(O)=C2/C(=O)C(=O)N(Cc3ccco3)C2c2cccs2)c(OC)c1Cl. The molecule has 1 atom stereocenters. The minimum Gasteiger partial charge on any atom is -0.507 e. The normalized spacial score (nSPS) is 17.8. The summed E-state index contributed by atoms with van der Waals surface area (Å²) in [6.45, 7) is 0.0537. The maximum atomic E-state index is 13.1. The maximum Gasteiger partial charge on any atom is 0.296 e. The van der Waals surface area contributed by atoms with Gasteiger partial charge in [-0.05, 0) is 29.6 Å². The number of hydrogen-bond acceptors (Lipinski definition) is 7. The Bertz CT molecular complexity index is 1200. The second-order valence-corrected chi connectivity index (χ2v) is 8.57. The molecule has 32 heavy (non-hydrogen) atoms. The average molecular weight is 494 g/mol. The van der Waals surface area contributed by atoms with Crippen molar-refractivity contribution in [3.05, 3.63) is 73.8 Å². The fraction of sp³-hybridized carbons (Fsp3) is 0.182. The molecule has 7 nitrogen and oxygen atoms in total. The van der Waals surface area contributed by atoms with Crippen molar-refractivity contribution in [3.63, 3.8) is 0 Å². The van der Waals surface area contributed by atoms with E-state index in [4.69, 9.17) is 37.1 Å². The van der Waals surface area contributed by atoms with Crippen LogP contribution in [0.25, 0.3) is 5.76 Å². The molecule has 3 heterocycles. The Labute approximate surface area is 197 Å². The van der Waals surface area contributed by atoms with Crippen LogP contribution in [-0.2, 0) is 16.1 Å². The van der Waals surface area contributed by atoms with Crippen LogP contribution in [0.4, 0.5) is 0 Å². The molecule has 1 fully saturated rings. The lowest BCUT2D eigenvalue weighted by Crippen LogP contribution is -2.28. The molecule has 1 N–H and O–H groups in total. The molecule has 1 aliphatic rings. The predicted octanol–water partition coefficient (Wildman–Crippen LogP) is 5.29. The van der Waals surface area contributed by atoms with E-state index in [1.165, 1.54) is 42.8 Å². The van der Waals surface area contributed by atoms with Crippen LogP contribution in [0.3, 0.4) is 0 Å². The quantitative estimate of drug-likeness (QED) is 0.285. The van der Waals surface area contributed by atoms with Crippen molar-refractivity contribution in [1.29, 1.82) is 0 Å². The molecule has 1 amide bonds. The number of nitrogens with zero attached hydrogens (tertiary/aromatic N) is 1. The minimum absolute atomic E-state index is 0.0292. The van der Waals surface area contributed by atoms with E-state index in [1.807, 2.05) is 5.38 Å². The zero-order valence-electron chi connectivity index (χ0n) is 16.9. The highest BCUT2D eigenvalue weighted by molar-refractivity contribution is 7.10. The van der Waals surface area contributed by atoms with E-state index in [0.717, 1.165) is 0 Å². The minimum atomic E-state index is -0.836. The molecule has 3 aromatic rings. The summed E-state index contributed by atoms with van der Waals surface area (Å²) in [5.74, 6) is -1.32. The van der Waals surface area contributed by atoms with Gasteiger partial charge in [0.15, 0.2) is 11.5 Å². The number of aliphatic hydroxyl groups is 1. The van der Waals surface area contributed by atoms with Crippen LogP contribution in [0, 0.1) is 0 Å². The average Bonchev–Trinajstić information content (AvgIpc) is 3.52. The van der Waals surface area contributed by atoms with Gasteiger partial charge in [0.1, 0.15) is 22.6 Å². The number of amides is 1. The summed E-state index contributed by atoms with van der Waals surface area (Å²) in [7, 11) is 2.75. The van der Waals surface area contributed by atoms with Crippen molar-refractivity contribution in [2.45, 2.75) is 12.6 Å². The van der Waals surface area contributed by atoms with E-state index in [2.05, 4.69) is 0 Å². The lowest BCUT2D eigenvalue weighted by atomic mass is 9.99. The van der Waals surface area contributed by atoms with Crippen LogP contribution in [-0.4, -0.2) is 35.9 Å². The van der Waals surface area contributed by atoms with Crippen LogP contribution in [0.15, 0.2) is 52.0 Å². The summed E-state index contributed by atoms with van der Waals surface area (Å²) in [6.07, 6.45) is 1.48. The molecule has 4 rings (SSSR count). The lowest BCUT2D eigenvalue weighted by molar-refractivity contribution is -0.140. The Morgan fingerprint density at radius 2 is 1.94 bits per heavy atom. The molecule has 2 aromatic heterocycles. The second kappa shape index (κ2) is 8.90. The number of ether oxygens (including phenoxy) is 2. The van der Waals surface area contributed by atoms with E-state index in [1.54, 1.807) is 24.3 Å². The second-order valence-electron chi connectivity index (χ2n) is 6.81. The van der Waals surface area contributed by atoms with Gasteiger partial charge in [0.05, 0.1) is 43.2 Å². The van der Waals surface area contributed by atoms with E-state index < -0.39 is 23.5 Å². The molecule has 0 bridgehead atoms. The van der Waals surface area contributed by atoms with Crippen LogP contribution >= 0.6 is 34.5 Å². The maximum absolute atomic E-state index is 13.1. The Kier molecular flexibility index (Phi) is 6.19. The highest BCUT2D eigenvalue weighted by Crippen LogP contribution is 2.47. The summed E-state index contributed by atoms with van der Waals surface area (Å²) >= 11 is 14.0. The Balaban J connectivity index is 1.92. The number of carbonyl (C=O) groups excluding carboxylic acids is 2. The van der Waals surface area contributed by atoms with Crippen molar-refractivity contribution in [1.82, 2.24) is 4.90 Å². The van der Waals surface area contributed by atoms with Crippen LogP contribution in [0.1, 0.15) is 22.2 Å². The molecule has 0 aliphatic carbocycles. The van der Waals surface area contributed by atoms with Crippen molar-refractivity contribution in [2.24, 2.45) is 0 Å². The molecule has 0 radical (unpaired) electrons. The molecule has 1 unspecified atom stereocenters. The number of rotatable bonds is 6. The van der Waals surface area contributed by atoms with Gasteiger partial charge in [-0.1, -0.05) is 29.3 Å². The summed E-state index contributed by atoms with van der Waals surface area (Å²) in [6, 6.07) is 7.54. The number of ketones is 1. The predicted molar refractivity (Wildman–Crippen MR) is 120 cm³/mol. The molecule has 1 saturated heterocycles. The van der Waals surface area contributed by atoms with Crippen molar-refractivity contribution in [3.8, 4) is 11.5 Å². The number of benzene rings is 1. The van der Waals surface area contributed by atoms with Crippen LogP contribution in [0.5, 0.6) is 11.5 Å². The van der Waals surface area contributed by atoms with Gasteiger partial charge in [-0.2, -0.15) is 0 Å². The number of hydrogen-bond donors (Lipinski definition) is 1. The molecular weight excluding hydrogens is 477 g/mol. The molecule has 0 saturated carbocycles. The molecule has 166 valence electrons. The van der Waals surface area contributed by atoms with E-state index >= 15 is 0 Å². The summed E-state index contributed by atoms with van der Waals surface area (Å²) in [5, 5.41) is 13.2. The third-order valence-corrected chi connectivity index (χ3v) is 6.60. The third kappa shape index (κ3) is 3.64. The number of likely N-dealkylation sites (tertiary alicyclic amines) is 1. The number of methoxy groups -OCH3 is 2. The zero-order valence-corrected chi connectivity index (χ0v) is 19.3. The van der Waals surface area contributed by atoms with E-state index in [0.29, 0.717) is 10.6 Å². The lowest BCUT2D eigenvalue weighted by Gasteiger charge is -2.23. The highest BCUT2D eigenvalue weighted by atomic mass is 35.5. The van der Waals surface area contributed by atoms with Gasteiger partial charge in [-0.25, -0.2) is 0 Å². The van der Waals surface area contributed by atoms with Crippen molar-refractivity contribution in [2.75, 3.05) is 14.2 Å². The van der Waals surface area contributed by atoms with E-state index in [9.17, 15) is 14.7 Å². The zero-order chi connectivity index (χ0) is 23.0. The number of furan rings is 1.